The molecule has 0 radical (unpaired) electrons. The van der Waals surface area contributed by atoms with E-state index in [0.29, 0.717) is 37.6 Å². The van der Waals surface area contributed by atoms with E-state index in [-0.39, 0.29) is 11.9 Å². The molecule has 0 saturated carbocycles. The summed E-state index contributed by atoms with van der Waals surface area (Å²) < 4.78 is 27.1. The topological polar surface area (TPSA) is 70.9 Å². The minimum atomic E-state index is -3.47. The van der Waals surface area contributed by atoms with Gasteiger partial charge in [-0.1, -0.05) is 48.0 Å². The Kier molecular flexibility index (Phi) is 6.49. The van der Waals surface area contributed by atoms with Crippen LogP contribution in [0.15, 0.2) is 59.5 Å². The maximum Gasteiger partial charge on any atom is 0.275 e. The smallest absolute Gasteiger partial charge is 0.275 e. The van der Waals surface area contributed by atoms with Gasteiger partial charge in [-0.2, -0.15) is 4.31 Å². The highest BCUT2D eigenvalue weighted by molar-refractivity contribution is 7.89. The fourth-order valence-electron chi connectivity index (χ4n) is 3.42. The maximum atomic E-state index is 12.8. The molecular weight excluding hydrogens is 374 g/mol. The van der Waals surface area contributed by atoms with Crippen LogP contribution >= 0.6 is 0 Å². The Balaban J connectivity index is 1.51. The number of carbonyl (C=O) groups is 1. The number of carbonyl (C=O) groups excluding carboxylic acids is 1. The van der Waals surface area contributed by atoms with Gasteiger partial charge in [-0.25, -0.2) is 8.42 Å². The van der Waals surface area contributed by atoms with E-state index in [1.807, 2.05) is 56.3 Å². The van der Waals surface area contributed by atoms with Gasteiger partial charge in [0.05, 0.1) is 37.1 Å². The molecule has 2 aromatic carbocycles. The van der Waals surface area contributed by atoms with E-state index in [4.69, 9.17) is 0 Å². The van der Waals surface area contributed by atoms with Crippen LogP contribution in [0.4, 0.5) is 0 Å². The van der Waals surface area contributed by atoms with Crippen LogP contribution in [-0.2, 0) is 14.8 Å². The van der Waals surface area contributed by atoms with Gasteiger partial charge in [0.15, 0.2) is 6.54 Å². The molecule has 0 aromatic heterocycles. The molecule has 1 heterocycles. The number of rotatable bonds is 6. The molecule has 150 valence electrons. The van der Waals surface area contributed by atoms with Crippen molar-refractivity contribution in [2.75, 3.05) is 32.7 Å². The summed E-state index contributed by atoms with van der Waals surface area (Å²) in [4.78, 5) is 13.8. The van der Waals surface area contributed by atoms with Crippen LogP contribution in [0.1, 0.15) is 24.1 Å². The first-order valence-electron chi connectivity index (χ1n) is 9.61. The van der Waals surface area contributed by atoms with Crippen molar-refractivity contribution in [1.82, 2.24) is 9.62 Å². The minimum Gasteiger partial charge on any atom is -0.345 e. The molecule has 1 aliphatic heterocycles. The second kappa shape index (κ2) is 8.86. The van der Waals surface area contributed by atoms with E-state index in [2.05, 4.69) is 5.32 Å². The third kappa shape index (κ3) is 4.98. The average Bonchev–Trinajstić information content (AvgIpc) is 2.69. The number of piperazine rings is 1. The minimum absolute atomic E-state index is 0.0128. The van der Waals surface area contributed by atoms with Gasteiger partial charge in [0.2, 0.25) is 10.0 Å². The molecule has 0 unspecified atom stereocenters. The zero-order chi connectivity index (χ0) is 20.1. The zero-order valence-electron chi connectivity index (χ0n) is 16.4. The number of aryl methyl sites for hydroxylation is 1. The van der Waals surface area contributed by atoms with Crippen molar-refractivity contribution in [3.8, 4) is 0 Å². The molecule has 1 atom stereocenters. The van der Waals surface area contributed by atoms with E-state index in [1.54, 1.807) is 12.1 Å². The lowest BCUT2D eigenvalue weighted by atomic mass is 10.1. The molecule has 2 aromatic rings. The number of nitrogens with zero attached hydrogens (tertiary/aromatic N) is 1. The van der Waals surface area contributed by atoms with Crippen LogP contribution in [0.25, 0.3) is 0 Å². The zero-order valence-corrected chi connectivity index (χ0v) is 17.2. The summed E-state index contributed by atoms with van der Waals surface area (Å²) in [5, 5.41) is 3.02. The molecule has 1 aliphatic rings. The summed E-state index contributed by atoms with van der Waals surface area (Å²) in [5.74, 6) is -0.0128. The first kappa shape index (κ1) is 20.5. The lowest BCUT2D eigenvalue weighted by Crippen LogP contribution is -3.15. The molecule has 0 bridgehead atoms. The predicted molar refractivity (Wildman–Crippen MR) is 109 cm³/mol. The van der Waals surface area contributed by atoms with Gasteiger partial charge < -0.3 is 10.2 Å². The average molecular weight is 403 g/mol. The number of hydrogen-bond acceptors (Lipinski definition) is 3. The Bertz CT molecular complexity index is 890. The lowest BCUT2D eigenvalue weighted by Gasteiger charge is -2.31. The van der Waals surface area contributed by atoms with Gasteiger partial charge in [-0.15, -0.1) is 0 Å². The van der Waals surface area contributed by atoms with Gasteiger partial charge in [0.1, 0.15) is 0 Å². The quantitative estimate of drug-likeness (QED) is 0.750. The maximum absolute atomic E-state index is 12.8. The van der Waals surface area contributed by atoms with Crippen LogP contribution in [0.2, 0.25) is 0 Å². The second-order valence-corrected chi connectivity index (χ2v) is 9.28. The van der Waals surface area contributed by atoms with Crippen molar-refractivity contribution in [1.29, 1.82) is 0 Å². The molecule has 2 N–H and O–H groups in total. The van der Waals surface area contributed by atoms with Crippen molar-refractivity contribution in [2.45, 2.75) is 24.8 Å². The van der Waals surface area contributed by atoms with Crippen molar-refractivity contribution < 1.29 is 18.1 Å². The van der Waals surface area contributed by atoms with Gasteiger partial charge in [-0.05, 0) is 31.5 Å². The van der Waals surface area contributed by atoms with Gasteiger partial charge in [0, 0.05) is 0 Å². The summed E-state index contributed by atoms with van der Waals surface area (Å²) in [6, 6.07) is 16.7. The van der Waals surface area contributed by atoms with E-state index < -0.39 is 10.0 Å². The van der Waals surface area contributed by atoms with Gasteiger partial charge in [0.25, 0.3) is 5.91 Å². The number of amides is 1. The van der Waals surface area contributed by atoms with E-state index in [9.17, 15) is 13.2 Å². The molecule has 3 rings (SSSR count). The Morgan fingerprint density at radius 3 is 2.29 bits per heavy atom. The van der Waals surface area contributed by atoms with Crippen molar-refractivity contribution in [3.63, 3.8) is 0 Å². The third-order valence-electron chi connectivity index (χ3n) is 5.18. The number of hydrogen-bond donors (Lipinski definition) is 2. The number of nitrogens with one attached hydrogen (secondary N) is 2. The second-order valence-electron chi connectivity index (χ2n) is 7.34. The van der Waals surface area contributed by atoms with Crippen LogP contribution in [0, 0.1) is 6.92 Å². The standard InChI is InChI=1S/C21H27N3O3S/c1-17-8-10-20(11-9-17)28(26,27)24-14-12-23(13-15-24)16-21(25)22-18(2)19-6-4-3-5-7-19/h3-11,18H,12-16H2,1-2H3,(H,22,25)/p+1/t18-/m0/s1. The van der Waals surface area contributed by atoms with Gasteiger partial charge in [-0.3, -0.25) is 4.79 Å². The fourth-order valence-corrected chi connectivity index (χ4v) is 4.86. The van der Waals surface area contributed by atoms with Crippen molar-refractivity contribution in [2.24, 2.45) is 0 Å². The summed E-state index contributed by atoms with van der Waals surface area (Å²) in [7, 11) is -3.47. The summed E-state index contributed by atoms with van der Waals surface area (Å²) in [5.41, 5.74) is 2.10. The SMILES string of the molecule is Cc1ccc(S(=O)(=O)N2CC[NH+](CC(=O)N[C@@H](C)c3ccccc3)CC2)cc1. The summed E-state index contributed by atoms with van der Waals surface area (Å²) in [6.07, 6.45) is 0. The molecule has 6 nitrogen and oxygen atoms in total. The molecule has 1 saturated heterocycles. The van der Waals surface area contributed by atoms with Crippen LogP contribution in [0.5, 0.6) is 0 Å². The summed E-state index contributed by atoms with van der Waals surface area (Å²) in [6.45, 7) is 6.35. The van der Waals surface area contributed by atoms with Crippen LogP contribution < -0.4 is 10.2 Å². The molecule has 1 amide bonds. The largest absolute Gasteiger partial charge is 0.345 e. The van der Waals surface area contributed by atoms with Gasteiger partial charge >= 0.3 is 0 Å². The molecular formula is C21H28N3O3S+. The van der Waals surface area contributed by atoms with Crippen molar-refractivity contribution in [3.05, 3.63) is 65.7 Å². The lowest BCUT2D eigenvalue weighted by molar-refractivity contribution is -0.895. The molecule has 0 aliphatic carbocycles. The highest BCUT2D eigenvalue weighted by Gasteiger charge is 2.31. The monoisotopic (exact) mass is 402 g/mol. The normalized spacial score (nSPS) is 17.2. The highest BCUT2D eigenvalue weighted by atomic mass is 32.2. The Morgan fingerprint density at radius 1 is 1.07 bits per heavy atom. The Hall–Kier alpha value is -2.22. The summed E-state index contributed by atoms with van der Waals surface area (Å²) >= 11 is 0. The first-order chi connectivity index (χ1) is 13.4. The number of sulfonamides is 1. The van der Waals surface area contributed by atoms with E-state index >= 15 is 0 Å². The molecule has 1 fully saturated rings. The number of quaternary nitrogens is 1. The predicted octanol–water partition coefficient (Wildman–Crippen LogP) is 0.762. The number of benzene rings is 2. The van der Waals surface area contributed by atoms with Crippen molar-refractivity contribution >= 4 is 15.9 Å². The third-order valence-corrected chi connectivity index (χ3v) is 7.09. The Labute approximate surface area is 167 Å². The van der Waals surface area contributed by atoms with Crippen LogP contribution in [-0.4, -0.2) is 51.4 Å². The fraction of sp³-hybridized carbons (Fsp3) is 0.381. The van der Waals surface area contributed by atoms with E-state index in [1.165, 1.54) is 4.31 Å². The molecule has 7 heteroatoms. The van der Waals surface area contributed by atoms with Crippen LogP contribution in [0.3, 0.4) is 0 Å². The molecule has 28 heavy (non-hydrogen) atoms. The molecule has 0 spiro atoms. The van der Waals surface area contributed by atoms with E-state index in [0.717, 1.165) is 16.0 Å². The Morgan fingerprint density at radius 2 is 1.68 bits per heavy atom. The first-order valence-corrected chi connectivity index (χ1v) is 11.0. The highest BCUT2D eigenvalue weighted by Crippen LogP contribution is 2.16.